The molecule has 2 N–H and O–H groups in total. The highest BCUT2D eigenvalue weighted by Crippen LogP contribution is 2.20. The molecule has 7 heteroatoms. The molecule has 1 unspecified atom stereocenters. The number of hydrogen-bond donors (Lipinski definition) is 1. The van der Waals surface area contributed by atoms with Gasteiger partial charge in [-0.1, -0.05) is 13.0 Å². The first-order chi connectivity index (χ1) is 13.6. The van der Waals surface area contributed by atoms with Gasteiger partial charge in [-0.05, 0) is 30.8 Å². The maximum Gasteiger partial charge on any atom is 0.207 e. The lowest BCUT2D eigenvalue weighted by atomic mass is 10.0. The Morgan fingerprint density at radius 3 is 2.71 bits per heavy atom. The van der Waals surface area contributed by atoms with Gasteiger partial charge < -0.3 is 24.2 Å². The molecule has 7 nitrogen and oxygen atoms in total. The summed E-state index contributed by atoms with van der Waals surface area (Å²) in [6.07, 6.45) is 4.04. The predicted octanol–water partition coefficient (Wildman–Crippen LogP) is 0.0812. The van der Waals surface area contributed by atoms with Crippen LogP contribution in [0.2, 0.25) is 0 Å². The number of nitrogens with two attached hydrogens (primary N) is 1. The van der Waals surface area contributed by atoms with Gasteiger partial charge in [0.25, 0.3) is 0 Å². The van der Waals surface area contributed by atoms with Crippen LogP contribution in [-0.4, -0.2) is 92.9 Å². The highest BCUT2D eigenvalue weighted by atomic mass is 16.5. The molecule has 28 heavy (non-hydrogen) atoms. The first-order valence-electron chi connectivity index (χ1n) is 9.92. The number of benzene rings is 1. The molecule has 2 aliphatic heterocycles. The van der Waals surface area contributed by atoms with Crippen molar-refractivity contribution in [2.24, 2.45) is 4.99 Å². The molecule has 1 saturated heterocycles. The van der Waals surface area contributed by atoms with E-state index in [-0.39, 0.29) is 6.04 Å². The topological polar surface area (TPSA) is 66.1 Å². The molecule has 0 saturated carbocycles. The Balaban J connectivity index is 1.71. The summed E-state index contributed by atoms with van der Waals surface area (Å²) in [5.74, 6) is 1.80. The van der Waals surface area contributed by atoms with Crippen molar-refractivity contribution in [1.82, 2.24) is 14.7 Å². The van der Waals surface area contributed by atoms with E-state index in [0.29, 0.717) is 13.2 Å². The Hall–Kier alpha value is -2.38. The molecule has 1 fully saturated rings. The third kappa shape index (κ3) is 4.91. The van der Waals surface area contributed by atoms with Crippen LogP contribution in [0.1, 0.15) is 12.5 Å². The molecule has 1 atom stereocenters. The second kappa shape index (κ2) is 9.71. The Kier molecular flexibility index (Phi) is 7.06. The zero-order valence-electron chi connectivity index (χ0n) is 17.2. The van der Waals surface area contributed by atoms with E-state index in [9.17, 15) is 0 Å². The third-order valence-corrected chi connectivity index (χ3v) is 5.30. The predicted molar refractivity (Wildman–Crippen MR) is 112 cm³/mol. The van der Waals surface area contributed by atoms with Crippen LogP contribution >= 0.6 is 0 Å². The second-order valence-corrected chi connectivity index (χ2v) is 7.13. The summed E-state index contributed by atoms with van der Waals surface area (Å²) in [5, 5.41) is 6.58. The molecular weight excluding hydrogens is 354 g/mol. The van der Waals surface area contributed by atoms with Crippen molar-refractivity contribution < 1.29 is 14.9 Å². The summed E-state index contributed by atoms with van der Waals surface area (Å²) < 4.78 is 10.8. The average molecular weight is 387 g/mol. The van der Waals surface area contributed by atoms with Crippen LogP contribution in [0.15, 0.2) is 41.2 Å². The summed E-state index contributed by atoms with van der Waals surface area (Å²) in [4.78, 5) is 11.5. The lowest BCUT2D eigenvalue weighted by Crippen LogP contribution is -2.54. The number of likely N-dealkylation sites (N-methyl/N-ethyl adjacent to an activating group) is 2. The number of piperazine rings is 1. The van der Waals surface area contributed by atoms with Crippen molar-refractivity contribution in [1.29, 1.82) is 0 Å². The summed E-state index contributed by atoms with van der Waals surface area (Å²) in [7, 11) is 3.67. The fourth-order valence-corrected chi connectivity index (χ4v) is 3.49. The van der Waals surface area contributed by atoms with E-state index in [1.807, 2.05) is 42.6 Å². The number of rotatable bonds is 8. The zero-order valence-corrected chi connectivity index (χ0v) is 17.2. The standard InChI is InChI=1S/C21H31N5O2/c1-4-25-8-10-26(11-9-25)20-15-19(24(2)16-23-20)21(22)17-6-5-7-18(14-17)28-13-12-27-3/h5-7,14-16,19,22H,4,8-13H2,1-3H3/p+1. The summed E-state index contributed by atoms with van der Waals surface area (Å²) >= 11 is 0. The van der Waals surface area contributed by atoms with Crippen molar-refractivity contribution >= 4 is 12.1 Å². The number of ether oxygens (including phenoxy) is 2. The Labute approximate surface area is 167 Å². The first kappa shape index (κ1) is 20.4. The van der Waals surface area contributed by atoms with Gasteiger partial charge in [0.2, 0.25) is 5.71 Å². The highest BCUT2D eigenvalue weighted by molar-refractivity contribution is 6.02. The van der Waals surface area contributed by atoms with Gasteiger partial charge in [0.15, 0.2) is 0 Å². The molecule has 2 aliphatic rings. The molecule has 1 aromatic rings. The van der Waals surface area contributed by atoms with E-state index in [1.165, 1.54) is 0 Å². The van der Waals surface area contributed by atoms with Crippen molar-refractivity contribution in [2.75, 3.05) is 60.1 Å². The molecule has 0 aromatic heterocycles. The van der Waals surface area contributed by atoms with Crippen molar-refractivity contribution in [3.63, 3.8) is 0 Å². The molecule has 0 spiro atoms. The molecule has 152 valence electrons. The zero-order chi connectivity index (χ0) is 19.9. The minimum absolute atomic E-state index is 0.0362. The average Bonchev–Trinajstić information content (AvgIpc) is 2.74. The van der Waals surface area contributed by atoms with Crippen molar-refractivity contribution in [3.8, 4) is 5.75 Å². The molecule has 1 aromatic carbocycles. The largest absolute Gasteiger partial charge is 0.491 e. The molecule has 0 aliphatic carbocycles. The van der Waals surface area contributed by atoms with Gasteiger partial charge in [-0.25, -0.2) is 4.99 Å². The third-order valence-electron chi connectivity index (χ3n) is 5.30. The number of aliphatic imine (C=N–C) groups is 1. The Morgan fingerprint density at radius 1 is 1.21 bits per heavy atom. The Bertz CT molecular complexity index is 725. The lowest BCUT2D eigenvalue weighted by Gasteiger charge is -2.37. The normalized spacial score (nSPS) is 20.2. The molecular formula is C21H32N5O2+. The van der Waals surface area contributed by atoms with Gasteiger partial charge >= 0.3 is 0 Å². The maximum absolute atomic E-state index is 6.58. The summed E-state index contributed by atoms with van der Waals surface area (Å²) in [6.45, 7) is 8.53. The number of hydrogen-bond acceptors (Lipinski definition) is 6. The fourth-order valence-electron chi connectivity index (χ4n) is 3.49. The van der Waals surface area contributed by atoms with Crippen LogP contribution < -0.4 is 10.1 Å². The monoisotopic (exact) mass is 386 g/mol. The SMILES string of the molecule is CCN1CCN(C2=CC(C(=[NH2+])c3cccc(OCCOC)c3)N(C)C=N2)CC1. The second-order valence-electron chi connectivity index (χ2n) is 7.13. The smallest absolute Gasteiger partial charge is 0.207 e. The summed E-state index contributed by atoms with van der Waals surface area (Å²) in [5.41, 5.74) is 1.75. The maximum atomic E-state index is 6.58. The van der Waals surface area contributed by atoms with E-state index in [2.05, 4.69) is 27.8 Å². The van der Waals surface area contributed by atoms with E-state index in [1.54, 1.807) is 7.11 Å². The van der Waals surface area contributed by atoms with Gasteiger partial charge in [0.05, 0.1) is 12.9 Å². The van der Waals surface area contributed by atoms with Crippen LogP contribution in [0.3, 0.4) is 0 Å². The van der Waals surface area contributed by atoms with E-state index in [0.717, 1.165) is 55.6 Å². The minimum atomic E-state index is -0.0362. The van der Waals surface area contributed by atoms with Crippen molar-refractivity contribution in [2.45, 2.75) is 13.0 Å². The lowest BCUT2D eigenvalue weighted by molar-refractivity contribution is -0.117. The number of nitrogens with zero attached hydrogens (tertiary/aromatic N) is 4. The van der Waals surface area contributed by atoms with E-state index >= 15 is 0 Å². The van der Waals surface area contributed by atoms with Crippen LogP contribution in [0.5, 0.6) is 5.75 Å². The molecule has 2 heterocycles. The fraction of sp³-hybridized carbons (Fsp3) is 0.524. The molecule has 3 rings (SSSR count). The van der Waals surface area contributed by atoms with Gasteiger partial charge in [-0.2, -0.15) is 0 Å². The quantitative estimate of drug-likeness (QED) is 0.506. The molecule has 0 amide bonds. The minimum Gasteiger partial charge on any atom is -0.491 e. The first-order valence-corrected chi connectivity index (χ1v) is 9.92. The van der Waals surface area contributed by atoms with Crippen LogP contribution in [0.25, 0.3) is 0 Å². The van der Waals surface area contributed by atoms with Gasteiger partial charge in [0, 0.05) is 45.9 Å². The highest BCUT2D eigenvalue weighted by Gasteiger charge is 2.28. The Morgan fingerprint density at radius 2 is 2.00 bits per heavy atom. The van der Waals surface area contributed by atoms with Crippen LogP contribution in [0, 0.1) is 0 Å². The van der Waals surface area contributed by atoms with Gasteiger partial charge in [0.1, 0.15) is 24.2 Å². The van der Waals surface area contributed by atoms with Crippen LogP contribution in [-0.2, 0) is 4.74 Å². The number of methoxy groups -OCH3 is 1. The van der Waals surface area contributed by atoms with Crippen LogP contribution in [0.4, 0.5) is 0 Å². The van der Waals surface area contributed by atoms with Gasteiger partial charge in [-0.3, -0.25) is 5.41 Å². The molecule has 0 radical (unpaired) electrons. The van der Waals surface area contributed by atoms with Crippen molar-refractivity contribution in [3.05, 3.63) is 41.7 Å². The summed E-state index contributed by atoms with van der Waals surface area (Å²) in [6, 6.07) is 7.87. The van der Waals surface area contributed by atoms with Gasteiger partial charge in [-0.15, -0.1) is 0 Å². The molecule has 0 bridgehead atoms. The van der Waals surface area contributed by atoms with E-state index in [4.69, 9.17) is 14.9 Å². The van der Waals surface area contributed by atoms with E-state index < -0.39 is 0 Å².